The highest BCUT2D eigenvalue weighted by atomic mass is 32.1. The Morgan fingerprint density at radius 2 is 1.76 bits per heavy atom. The van der Waals surface area contributed by atoms with Gasteiger partial charge >= 0.3 is 0 Å². The summed E-state index contributed by atoms with van der Waals surface area (Å²) in [6, 6.07) is 17.5. The molecule has 3 nitrogen and oxygen atoms in total. The summed E-state index contributed by atoms with van der Waals surface area (Å²) in [5, 5.41) is 1.72. The summed E-state index contributed by atoms with van der Waals surface area (Å²) in [5.74, 6) is 0. The Hall–Kier alpha value is -3.50. The van der Waals surface area contributed by atoms with E-state index in [9.17, 15) is 0 Å². The van der Waals surface area contributed by atoms with Gasteiger partial charge in [-0.1, -0.05) is 68.8 Å². The van der Waals surface area contributed by atoms with Crippen LogP contribution in [0.15, 0.2) is 83.4 Å². The lowest BCUT2D eigenvalue weighted by Gasteiger charge is -2.10. The molecule has 3 rings (SSSR count). The lowest BCUT2D eigenvalue weighted by molar-refractivity contribution is 0.559. The van der Waals surface area contributed by atoms with Gasteiger partial charge in [-0.25, -0.2) is 0 Å². The number of aryl methyl sites for hydroxylation is 1. The van der Waals surface area contributed by atoms with Gasteiger partial charge in [-0.3, -0.25) is 4.99 Å². The average molecular weight is 399 g/mol. The molecule has 0 unspecified atom stereocenters. The molecule has 0 bridgehead atoms. The highest BCUT2D eigenvalue weighted by Crippen LogP contribution is 2.25. The molecule has 0 aliphatic carbocycles. The molecule has 0 saturated heterocycles. The lowest BCUT2D eigenvalue weighted by atomic mass is 9.97. The van der Waals surface area contributed by atoms with E-state index in [0.29, 0.717) is 10.4 Å². The van der Waals surface area contributed by atoms with Gasteiger partial charge < -0.3 is 8.98 Å². The van der Waals surface area contributed by atoms with E-state index < -0.39 is 0 Å². The van der Waals surface area contributed by atoms with Crippen LogP contribution >= 0.6 is 12.2 Å². The summed E-state index contributed by atoms with van der Waals surface area (Å²) in [5.41, 5.74) is 4.95. The number of hydrogen-bond acceptors (Lipinski definition) is 3. The number of aromatic nitrogens is 1. The molecule has 1 aromatic heterocycles. The highest BCUT2D eigenvalue weighted by molar-refractivity contribution is 7.71. The number of oxazole rings is 1. The molecule has 3 aromatic rings. The van der Waals surface area contributed by atoms with Gasteiger partial charge in [-0.05, 0) is 46.4 Å². The van der Waals surface area contributed by atoms with Crippen LogP contribution in [0.5, 0.6) is 0 Å². The average Bonchev–Trinajstić information content (AvgIpc) is 2.98. The summed E-state index contributed by atoms with van der Waals surface area (Å²) in [7, 11) is 1.88. The molecule has 0 radical (unpaired) electrons. The predicted octanol–water partition coefficient (Wildman–Crippen LogP) is 5.07. The molecule has 0 spiro atoms. The van der Waals surface area contributed by atoms with E-state index in [0.717, 1.165) is 38.4 Å². The molecule has 29 heavy (non-hydrogen) atoms. The molecule has 0 amide bonds. The molecule has 0 saturated carbocycles. The number of aliphatic imine (C=N–C) groups is 1. The van der Waals surface area contributed by atoms with Crippen molar-refractivity contribution in [3.05, 3.63) is 106 Å². The van der Waals surface area contributed by atoms with Crippen molar-refractivity contribution in [3.8, 4) is 0 Å². The fourth-order valence-corrected chi connectivity index (χ4v) is 3.20. The molecule has 0 N–H and O–H groups in total. The van der Waals surface area contributed by atoms with Gasteiger partial charge in [0.15, 0.2) is 5.58 Å². The Bertz CT molecular complexity index is 1360. The molecule has 2 aromatic carbocycles. The smallest absolute Gasteiger partial charge is 0.269 e. The largest absolute Gasteiger partial charge is 0.429 e. The summed E-state index contributed by atoms with van der Waals surface area (Å²) in [4.78, 5) is 4.99. The normalized spacial score (nSPS) is 11.1. The first-order valence-electron chi connectivity index (χ1n) is 9.02. The van der Waals surface area contributed by atoms with Crippen LogP contribution in [0.1, 0.15) is 16.7 Å². The van der Waals surface area contributed by atoms with Crippen LogP contribution < -0.4 is 10.4 Å². The Kier molecular flexibility index (Phi) is 6.05. The molecular formula is C25H22N2OS. The zero-order valence-electron chi connectivity index (χ0n) is 16.4. The first kappa shape index (κ1) is 20.2. The number of rotatable bonds is 4. The van der Waals surface area contributed by atoms with Gasteiger partial charge in [0, 0.05) is 24.4 Å². The first-order valence-corrected chi connectivity index (χ1v) is 9.43. The van der Waals surface area contributed by atoms with Crippen molar-refractivity contribution < 1.29 is 4.42 Å². The summed E-state index contributed by atoms with van der Waals surface area (Å²) >= 11 is 5.27. The molecule has 0 aliphatic heterocycles. The van der Waals surface area contributed by atoms with Crippen LogP contribution in [0.2, 0.25) is 0 Å². The Labute approximate surface area is 175 Å². The van der Waals surface area contributed by atoms with Gasteiger partial charge in [0.1, 0.15) is 0 Å². The van der Waals surface area contributed by atoms with Crippen LogP contribution in [0, 0.1) is 4.84 Å². The SMILES string of the molecule is C=CN=C(c1ccc(=C)ccccc(=C)c1)c1cc2oc(=S)n(C)c2cc1C=C. The summed E-state index contributed by atoms with van der Waals surface area (Å²) in [6.07, 6.45) is 3.32. The van der Waals surface area contributed by atoms with Crippen molar-refractivity contribution in [1.29, 1.82) is 0 Å². The molecule has 144 valence electrons. The highest BCUT2D eigenvalue weighted by Gasteiger charge is 2.14. The Morgan fingerprint density at radius 3 is 2.45 bits per heavy atom. The molecule has 4 heteroatoms. The van der Waals surface area contributed by atoms with E-state index in [-0.39, 0.29) is 0 Å². The molecule has 0 aliphatic rings. The standard InChI is InChI=1S/C25H22N2OS/c1-6-19-15-22-23(28-25(29)27(22)5)16-21(19)24(26-7-2)20-13-12-17(3)10-8-9-11-18(4)14-20/h6-16H,1-4H2,5H3. The van der Waals surface area contributed by atoms with E-state index in [4.69, 9.17) is 16.6 Å². The number of fused-ring (bicyclic) bond motifs is 1. The second kappa shape index (κ2) is 8.67. The maximum absolute atomic E-state index is 5.75. The van der Waals surface area contributed by atoms with Crippen molar-refractivity contribution in [2.75, 3.05) is 0 Å². The predicted molar refractivity (Wildman–Crippen MR) is 126 cm³/mol. The van der Waals surface area contributed by atoms with E-state index in [1.54, 1.807) is 6.08 Å². The van der Waals surface area contributed by atoms with Gasteiger partial charge in [0.25, 0.3) is 4.84 Å². The maximum atomic E-state index is 5.75. The van der Waals surface area contributed by atoms with Crippen molar-refractivity contribution in [3.63, 3.8) is 0 Å². The third-order valence-corrected chi connectivity index (χ3v) is 4.84. The fraction of sp³-hybridized carbons (Fsp3) is 0.0400. The topological polar surface area (TPSA) is 30.4 Å². The van der Waals surface area contributed by atoms with Gasteiger partial charge in [-0.15, -0.1) is 0 Å². The minimum Gasteiger partial charge on any atom is -0.429 e. The van der Waals surface area contributed by atoms with E-state index in [1.807, 2.05) is 66.2 Å². The van der Waals surface area contributed by atoms with E-state index >= 15 is 0 Å². The maximum Gasteiger partial charge on any atom is 0.269 e. The Morgan fingerprint density at radius 1 is 1.03 bits per heavy atom. The van der Waals surface area contributed by atoms with Crippen LogP contribution in [0.3, 0.4) is 0 Å². The minimum absolute atomic E-state index is 0.411. The quantitative estimate of drug-likeness (QED) is 0.454. The fourth-order valence-electron chi connectivity index (χ4n) is 3.01. The third kappa shape index (κ3) is 4.33. The van der Waals surface area contributed by atoms with Gasteiger partial charge in [0.05, 0.1) is 11.2 Å². The number of nitrogens with zero attached hydrogens (tertiary/aromatic N) is 2. The minimum atomic E-state index is 0.411. The van der Waals surface area contributed by atoms with Crippen molar-refractivity contribution >= 4 is 48.3 Å². The summed E-state index contributed by atoms with van der Waals surface area (Å²) < 4.78 is 7.58. The van der Waals surface area contributed by atoms with Crippen LogP contribution in [-0.2, 0) is 7.05 Å². The number of benzene rings is 1. The van der Waals surface area contributed by atoms with Crippen LogP contribution in [0.25, 0.3) is 30.3 Å². The number of hydrogen-bond donors (Lipinski definition) is 0. The molecule has 1 heterocycles. The zero-order chi connectivity index (χ0) is 21.0. The van der Waals surface area contributed by atoms with Crippen LogP contribution in [0.4, 0.5) is 0 Å². The monoisotopic (exact) mass is 398 g/mol. The van der Waals surface area contributed by atoms with Gasteiger partial charge in [-0.2, -0.15) is 0 Å². The Balaban J connectivity index is 2.39. The first-order chi connectivity index (χ1) is 13.9. The third-order valence-electron chi connectivity index (χ3n) is 4.48. The summed E-state index contributed by atoms with van der Waals surface area (Å²) in [6.45, 7) is 15.9. The lowest BCUT2D eigenvalue weighted by Crippen LogP contribution is -2.08. The van der Waals surface area contributed by atoms with Crippen molar-refractivity contribution in [2.24, 2.45) is 12.0 Å². The van der Waals surface area contributed by atoms with Gasteiger partial charge in [0.2, 0.25) is 0 Å². The van der Waals surface area contributed by atoms with Crippen molar-refractivity contribution in [2.45, 2.75) is 0 Å². The molecule has 0 atom stereocenters. The van der Waals surface area contributed by atoms with E-state index in [1.165, 1.54) is 6.20 Å². The zero-order valence-corrected chi connectivity index (χ0v) is 17.2. The second-order valence-electron chi connectivity index (χ2n) is 6.50. The molecular weight excluding hydrogens is 376 g/mol. The van der Waals surface area contributed by atoms with Crippen molar-refractivity contribution in [1.82, 2.24) is 4.57 Å². The molecule has 0 fully saturated rings. The van der Waals surface area contributed by atoms with E-state index in [2.05, 4.69) is 31.3 Å². The second-order valence-corrected chi connectivity index (χ2v) is 6.85. The van der Waals surface area contributed by atoms with Crippen LogP contribution in [-0.4, -0.2) is 10.3 Å².